The Morgan fingerprint density at radius 1 is 0.642 bits per heavy atom. The molecule has 0 saturated carbocycles. The first-order valence-electron chi connectivity index (χ1n) is 18.3. The first kappa shape index (κ1) is 36.8. The summed E-state index contributed by atoms with van der Waals surface area (Å²) in [6, 6.07) is 50.0. The Hall–Kier alpha value is -4.51. The minimum atomic E-state index is -1.26. The van der Waals surface area contributed by atoms with Gasteiger partial charge in [0.05, 0.1) is 8.07 Å². The third-order valence-electron chi connectivity index (χ3n) is 10.2. The summed E-state index contributed by atoms with van der Waals surface area (Å²) in [5, 5.41) is 3.98. The molecule has 3 aromatic heterocycles. The number of aromatic nitrogens is 2. The van der Waals surface area contributed by atoms with Gasteiger partial charge in [0.1, 0.15) is 0 Å². The van der Waals surface area contributed by atoms with Crippen molar-refractivity contribution in [2.75, 3.05) is 0 Å². The van der Waals surface area contributed by atoms with E-state index in [1.807, 2.05) is 23.6 Å². The van der Waals surface area contributed by atoms with Crippen LogP contribution < -0.4 is 5.19 Å². The summed E-state index contributed by atoms with van der Waals surface area (Å²) < 4.78 is 2.55. The van der Waals surface area contributed by atoms with Crippen LogP contribution in [0.2, 0.25) is 19.6 Å². The van der Waals surface area contributed by atoms with Crippen LogP contribution in [-0.2, 0) is 32.9 Å². The molecular formula is C48H42IrN2SSi-2. The topological polar surface area (TPSA) is 25.8 Å². The van der Waals surface area contributed by atoms with E-state index in [4.69, 9.17) is 9.97 Å². The van der Waals surface area contributed by atoms with E-state index in [2.05, 4.69) is 160 Å². The molecule has 0 atom stereocenters. The van der Waals surface area contributed by atoms with E-state index in [0.717, 1.165) is 17.0 Å². The first-order valence-corrected chi connectivity index (χ1v) is 22.6. The molecule has 0 amide bonds. The molecule has 0 fully saturated rings. The summed E-state index contributed by atoms with van der Waals surface area (Å²) in [7, 11) is -1.26. The molecule has 0 bridgehead atoms. The minimum absolute atomic E-state index is 0. The van der Waals surface area contributed by atoms with Crippen LogP contribution in [0.3, 0.4) is 0 Å². The zero-order chi connectivity index (χ0) is 35.7. The van der Waals surface area contributed by atoms with Gasteiger partial charge in [-0.25, -0.2) is 0 Å². The number of hydrogen-bond donors (Lipinski definition) is 0. The van der Waals surface area contributed by atoms with E-state index in [9.17, 15) is 0 Å². The average Bonchev–Trinajstić information content (AvgIpc) is 3.56. The molecule has 0 N–H and O–H groups in total. The van der Waals surface area contributed by atoms with Crippen molar-refractivity contribution in [1.82, 2.24) is 9.97 Å². The molecule has 5 heteroatoms. The monoisotopic (exact) mass is 899 g/mol. The van der Waals surface area contributed by atoms with Gasteiger partial charge >= 0.3 is 0 Å². The maximum absolute atomic E-state index is 4.74. The van der Waals surface area contributed by atoms with Crippen LogP contribution >= 0.6 is 11.3 Å². The Morgan fingerprint density at radius 3 is 2.09 bits per heavy atom. The van der Waals surface area contributed by atoms with Crippen molar-refractivity contribution in [3.8, 4) is 44.8 Å². The first-order chi connectivity index (χ1) is 25.3. The Balaban J connectivity index is 0.000000179. The number of rotatable bonds is 5. The van der Waals surface area contributed by atoms with Crippen LogP contribution in [0.25, 0.3) is 64.9 Å². The van der Waals surface area contributed by atoms with Gasteiger partial charge in [-0.3, -0.25) is 0 Å². The number of thiophene rings is 1. The summed E-state index contributed by atoms with van der Waals surface area (Å²) in [5.74, 6) is 0. The molecule has 1 aliphatic carbocycles. The Kier molecular flexibility index (Phi) is 11.0. The van der Waals surface area contributed by atoms with Crippen molar-refractivity contribution in [1.29, 1.82) is 0 Å². The summed E-state index contributed by atoms with van der Waals surface area (Å²) >= 11 is 1.82. The van der Waals surface area contributed by atoms with Gasteiger partial charge in [-0.05, 0) is 80.0 Å². The molecule has 1 aliphatic rings. The third kappa shape index (κ3) is 7.90. The fourth-order valence-corrected chi connectivity index (χ4v) is 9.29. The largest absolute Gasteiger partial charge is 0.305 e. The normalized spacial score (nSPS) is 12.5. The van der Waals surface area contributed by atoms with E-state index in [1.54, 1.807) is 0 Å². The van der Waals surface area contributed by atoms with Crippen molar-refractivity contribution in [3.63, 3.8) is 0 Å². The van der Waals surface area contributed by atoms with Crippen LogP contribution in [0.4, 0.5) is 0 Å². The molecule has 5 aromatic carbocycles. The summed E-state index contributed by atoms with van der Waals surface area (Å²) in [6.07, 6.45) is 9.05. The van der Waals surface area contributed by atoms with E-state index in [0.29, 0.717) is 0 Å². The van der Waals surface area contributed by atoms with Crippen molar-refractivity contribution in [2.24, 2.45) is 0 Å². The van der Waals surface area contributed by atoms with E-state index < -0.39 is 8.07 Å². The van der Waals surface area contributed by atoms with Gasteiger partial charge in [0.25, 0.3) is 0 Å². The number of nitrogens with zero attached hydrogens (tertiary/aromatic N) is 2. The zero-order valence-corrected chi connectivity index (χ0v) is 34.9. The van der Waals surface area contributed by atoms with E-state index in [1.165, 1.54) is 95.5 Å². The second kappa shape index (κ2) is 15.8. The smallest absolute Gasteiger partial charge is 0.0795 e. The molecule has 8 aromatic rings. The predicted octanol–water partition coefficient (Wildman–Crippen LogP) is 12.5. The van der Waals surface area contributed by atoms with Crippen LogP contribution in [0.5, 0.6) is 0 Å². The van der Waals surface area contributed by atoms with Crippen LogP contribution in [0.1, 0.15) is 29.5 Å². The van der Waals surface area contributed by atoms with Crippen molar-refractivity contribution in [2.45, 2.75) is 52.2 Å². The minimum Gasteiger partial charge on any atom is -0.305 e. The fraction of sp³-hybridized carbons (Fsp3) is 0.167. The molecule has 0 unspecified atom stereocenters. The van der Waals surface area contributed by atoms with Gasteiger partial charge in [0.2, 0.25) is 0 Å². The second-order valence-electron chi connectivity index (χ2n) is 14.8. The van der Waals surface area contributed by atoms with Gasteiger partial charge in [0.15, 0.2) is 0 Å². The van der Waals surface area contributed by atoms with Crippen molar-refractivity contribution >= 4 is 44.8 Å². The van der Waals surface area contributed by atoms with Gasteiger partial charge in [0, 0.05) is 37.2 Å². The Bertz CT molecular complexity index is 2500. The molecule has 0 aliphatic heterocycles. The molecule has 53 heavy (non-hydrogen) atoms. The van der Waals surface area contributed by atoms with Gasteiger partial charge in [-0.1, -0.05) is 129 Å². The number of aryl methyl sites for hydroxylation is 2. The SMILES string of the molecule is C[Si](C)(C)c1ccc(-c2[c-]ccc3c2CCCC3)nc1.Cc1cnc(-c2[c-]cc3sc4ccc(-c5ccccc5)cc4c3c2)cc1-c1ccccc1.[Ir]. The van der Waals surface area contributed by atoms with Gasteiger partial charge < -0.3 is 9.97 Å². The molecule has 3 heterocycles. The fourth-order valence-electron chi connectivity index (χ4n) is 7.20. The molecular weight excluding hydrogens is 857 g/mol. The number of hydrogen-bond acceptors (Lipinski definition) is 3. The van der Waals surface area contributed by atoms with Crippen LogP contribution in [0, 0.1) is 19.1 Å². The maximum Gasteiger partial charge on any atom is 0.0795 e. The number of fused-ring (bicyclic) bond motifs is 4. The summed E-state index contributed by atoms with van der Waals surface area (Å²) in [5.41, 5.74) is 13.4. The molecule has 0 spiro atoms. The van der Waals surface area contributed by atoms with Crippen LogP contribution in [-0.4, -0.2) is 18.0 Å². The summed E-state index contributed by atoms with van der Waals surface area (Å²) in [6.45, 7) is 9.20. The average molecular weight is 899 g/mol. The van der Waals surface area contributed by atoms with Gasteiger partial charge in [-0.2, -0.15) is 11.3 Å². The van der Waals surface area contributed by atoms with E-state index >= 15 is 0 Å². The Labute approximate surface area is 332 Å². The molecule has 265 valence electrons. The van der Waals surface area contributed by atoms with Crippen LogP contribution in [0.15, 0.2) is 134 Å². The standard InChI is InChI=1S/C30H20NS.C18H22NSi.Ir/c1-20-19-31-28(18-25(20)22-10-6-3-7-11-22)24-13-15-30-27(17-24)26-16-23(12-14-29(26)32-30)21-8-4-2-5-9-21;1-20(2,3)15-11-12-18(19-13-15)17-10-6-8-14-7-4-5-9-16(14)17;/h2-12,14-19H,1H3;6,8,11-13H,4-5,7,9H2,1-3H3;/q2*-1;. The Morgan fingerprint density at radius 2 is 1.36 bits per heavy atom. The van der Waals surface area contributed by atoms with Crippen molar-refractivity contribution in [3.05, 3.63) is 163 Å². The zero-order valence-electron chi connectivity index (χ0n) is 30.7. The quantitative estimate of drug-likeness (QED) is 0.127. The third-order valence-corrected chi connectivity index (χ3v) is 13.3. The molecule has 1 radical (unpaired) electrons. The summed E-state index contributed by atoms with van der Waals surface area (Å²) in [4.78, 5) is 9.47. The predicted molar refractivity (Wildman–Crippen MR) is 225 cm³/mol. The molecule has 0 saturated heterocycles. The number of benzene rings is 5. The maximum atomic E-state index is 4.74. The molecule has 2 nitrogen and oxygen atoms in total. The van der Waals surface area contributed by atoms with E-state index in [-0.39, 0.29) is 20.1 Å². The van der Waals surface area contributed by atoms with Crippen molar-refractivity contribution < 1.29 is 20.1 Å². The van der Waals surface area contributed by atoms with Gasteiger partial charge in [-0.15, -0.1) is 58.7 Å². The molecule has 9 rings (SSSR count). The second-order valence-corrected chi connectivity index (χ2v) is 21.0. The number of pyridine rings is 2.